The SMILES string of the molecule is C=C(Cc1ccc(-c2ccccc2)cc1)CN(C)C(=C)CN. The van der Waals surface area contributed by atoms with Gasteiger partial charge in [0.25, 0.3) is 0 Å². The third-order valence-corrected chi connectivity index (χ3v) is 3.75. The molecule has 114 valence electrons. The molecular formula is C20H24N2. The number of hydrogen-bond donors (Lipinski definition) is 1. The van der Waals surface area contributed by atoms with Crippen LogP contribution in [-0.2, 0) is 6.42 Å². The van der Waals surface area contributed by atoms with Crippen LogP contribution >= 0.6 is 0 Å². The molecule has 2 rings (SSSR count). The van der Waals surface area contributed by atoms with E-state index in [-0.39, 0.29) is 0 Å². The zero-order chi connectivity index (χ0) is 15.9. The van der Waals surface area contributed by atoms with E-state index in [0.717, 1.165) is 24.2 Å². The quantitative estimate of drug-likeness (QED) is 0.785. The smallest absolute Gasteiger partial charge is 0.0383 e. The van der Waals surface area contributed by atoms with Crippen molar-refractivity contribution >= 4 is 0 Å². The summed E-state index contributed by atoms with van der Waals surface area (Å²) in [6, 6.07) is 19.1. The van der Waals surface area contributed by atoms with Crippen molar-refractivity contribution in [2.75, 3.05) is 20.1 Å². The Bertz CT molecular complexity index is 627. The Kier molecular flexibility index (Phi) is 5.56. The first kappa shape index (κ1) is 16.1. The van der Waals surface area contributed by atoms with Gasteiger partial charge in [-0.1, -0.05) is 73.3 Å². The first-order chi connectivity index (χ1) is 10.6. The molecule has 22 heavy (non-hydrogen) atoms. The van der Waals surface area contributed by atoms with Crippen LogP contribution in [0.1, 0.15) is 5.56 Å². The van der Waals surface area contributed by atoms with Gasteiger partial charge in [-0.2, -0.15) is 0 Å². The molecule has 0 heterocycles. The van der Waals surface area contributed by atoms with Gasteiger partial charge >= 0.3 is 0 Å². The van der Waals surface area contributed by atoms with Gasteiger partial charge in [0.05, 0.1) is 0 Å². The van der Waals surface area contributed by atoms with Crippen LogP contribution in [0, 0.1) is 0 Å². The van der Waals surface area contributed by atoms with Gasteiger partial charge in [-0.25, -0.2) is 0 Å². The molecule has 0 fully saturated rings. The average molecular weight is 292 g/mol. The van der Waals surface area contributed by atoms with Gasteiger partial charge in [0.1, 0.15) is 0 Å². The molecule has 0 saturated carbocycles. The predicted octanol–water partition coefficient (Wildman–Crippen LogP) is 3.86. The molecule has 0 spiro atoms. The highest BCUT2D eigenvalue weighted by atomic mass is 15.1. The van der Waals surface area contributed by atoms with Gasteiger partial charge in [0.2, 0.25) is 0 Å². The Morgan fingerprint density at radius 1 is 0.955 bits per heavy atom. The van der Waals surface area contributed by atoms with Gasteiger partial charge < -0.3 is 10.6 Å². The zero-order valence-electron chi connectivity index (χ0n) is 13.3. The summed E-state index contributed by atoms with van der Waals surface area (Å²) < 4.78 is 0. The summed E-state index contributed by atoms with van der Waals surface area (Å²) in [5.41, 5.74) is 11.4. The number of likely N-dealkylation sites (N-methyl/N-ethyl adjacent to an activating group) is 1. The molecule has 0 amide bonds. The molecule has 2 nitrogen and oxygen atoms in total. The van der Waals surface area contributed by atoms with Crippen molar-refractivity contribution in [3.05, 3.63) is 84.6 Å². The molecule has 0 aliphatic carbocycles. The van der Waals surface area contributed by atoms with Crippen molar-refractivity contribution in [3.8, 4) is 11.1 Å². The van der Waals surface area contributed by atoms with Crippen LogP contribution in [0.4, 0.5) is 0 Å². The van der Waals surface area contributed by atoms with Crippen LogP contribution < -0.4 is 5.73 Å². The maximum Gasteiger partial charge on any atom is 0.0383 e. The van der Waals surface area contributed by atoms with Crippen molar-refractivity contribution in [3.63, 3.8) is 0 Å². The molecular weight excluding hydrogens is 268 g/mol. The first-order valence-electron chi connectivity index (χ1n) is 7.50. The summed E-state index contributed by atoms with van der Waals surface area (Å²) in [7, 11) is 2.00. The summed E-state index contributed by atoms with van der Waals surface area (Å²) in [4.78, 5) is 2.06. The Hall–Kier alpha value is -2.32. The molecule has 2 heteroatoms. The zero-order valence-corrected chi connectivity index (χ0v) is 13.3. The van der Waals surface area contributed by atoms with Crippen molar-refractivity contribution in [1.82, 2.24) is 4.90 Å². The molecule has 0 aromatic heterocycles. The van der Waals surface area contributed by atoms with Crippen molar-refractivity contribution in [2.24, 2.45) is 5.73 Å². The van der Waals surface area contributed by atoms with Crippen molar-refractivity contribution in [2.45, 2.75) is 6.42 Å². The topological polar surface area (TPSA) is 29.3 Å². The van der Waals surface area contributed by atoms with Gasteiger partial charge in [-0.3, -0.25) is 0 Å². The highest BCUT2D eigenvalue weighted by molar-refractivity contribution is 5.63. The van der Waals surface area contributed by atoms with E-state index in [2.05, 4.69) is 66.6 Å². The third kappa shape index (κ3) is 4.34. The molecule has 0 aliphatic heterocycles. The summed E-state index contributed by atoms with van der Waals surface area (Å²) >= 11 is 0. The number of nitrogens with zero attached hydrogens (tertiary/aromatic N) is 1. The van der Waals surface area contributed by atoms with E-state index in [1.54, 1.807) is 0 Å². The Labute approximate surface area is 133 Å². The lowest BCUT2D eigenvalue weighted by atomic mass is 10.0. The number of nitrogens with two attached hydrogens (primary N) is 1. The molecule has 0 atom stereocenters. The van der Waals surface area contributed by atoms with E-state index >= 15 is 0 Å². The van der Waals surface area contributed by atoms with Gasteiger partial charge in [-0.15, -0.1) is 0 Å². The van der Waals surface area contributed by atoms with Crippen LogP contribution in [0.3, 0.4) is 0 Å². The monoisotopic (exact) mass is 292 g/mol. The largest absolute Gasteiger partial charge is 0.373 e. The van der Waals surface area contributed by atoms with E-state index in [0.29, 0.717) is 6.54 Å². The van der Waals surface area contributed by atoms with Crippen LogP contribution in [0.25, 0.3) is 11.1 Å². The second-order valence-electron chi connectivity index (χ2n) is 5.62. The number of rotatable bonds is 7. The Morgan fingerprint density at radius 3 is 2.14 bits per heavy atom. The number of hydrogen-bond acceptors (Lipinski definition) is 2. The van der Waals surface area contributed by atoms with E-state index in [1.807, 2.05) is 13.1 Å². The second kappa shape index (κ2) is 7.62. The third-order valence-electron chi connectivity index (χ3n) is 3.75. The molecule has 2 N–H and O–H groups in total. The molecule has 2 aromatic rings. The van der Waals surface area contributed by atoms with Crippen LogP contribution in [0.5, 0.6) is 0 Å². The molecule has 0 bridgehead atoms. The van der Waals surface area contributed by atoms with Crippen molar-refractivity contribution in [1.29, 1.82) is 0 Å². The molecule has 0 unspecified atom stereocenters. The lowest BCUT2D eigenvalue weighted by Gasteiger charge is -2.21. The lowest BCUT2D eigenvalue weighted by Crippen LogP contribution is -2.24. The number of benzene rings is 2. The van der Waals surface area contributed by atoms with Gasteiger partial charge in [-0.05, 0) is 23.1 Å². The highest BCUT2D eigenvalue weighted by Gasteiger charge is 2.04. The molecule has 0 aliphatic rings. The standard InChI is InChI=1S/C20H24N2/c1-16(15-22(3)17(2)14-21)13-18-9-11-20(12-10-18)19-7-5-4-6-8-19/h4-12H,1-2,13-15,21H2,3H3. The van der Waals surface area contributed by atoms with Gasteiger partial charge in [0.15, 0.2) is 0 Å². The van der Waals surface area contributed by atoms with Crippen LogP contribution in [0.2, 0.25) is 0 Å². The minimum absolute atomic E-state index is 0.482. The minimum Gasteiger partial charge on any atom is -0.373 e. The summed E-state index contributed by atoms with van der Waals surface area (Å²) in [5.74, 6) is 0. The predicted molar refractivity (Wildman–Crippen MR) is 95.5 cm³/mol. The summed E-state index contributed by atoms with van der Waals surface area (Å²) in [6.45, 7) is 9.37. The fourth-order valence-corrected chi connectivity index (χ4v) is 2.39. The molecule has 0 saturated heterocycles. The van der Waals surface area contributed by atoms with E-state index < -0.39 is 0 Å². The Balaban J connectivity index is 1.97. The molecule has 2 aromatic carbocycles. The van der Waals surface area contributed by atoms with E-state index in [1.165, 1.54) is 16.7 Å². The van der Waals surface area contributed by atoms with Gasteiger partial charge in [0, 0.05) is 25.8 Å². The summed E-state index contributed by atoms with van der Waals surface area (Å²) in [5, 5.41) is 0. The second-order valence-corrected chi connectivity index (χ2v) is 5.62. The average Bonchev–Trinajstić information content (AvgIpc) is 2.55. The maximum atomic E-state index is 5.60. The van der Waals surface area contributed by atoms with E-state index in [9.17, 15) is 0 Å². The lowest BCUT2D eigenvalue weighted by molar-refractivity contribution is 0.445. The fraction of sp³-hybridized carbons (Fsp3) is 0.200. The normalized spacial score (nSPS) is 10.3. The Morgan fingerprint density at radius 2 is 1.55 bits per heavy atom. The molecule has 0 radical (unpaired) electrons. The van der Waals surface area contributed by atoms with E-state index in [4.69, 9.17) is 5.73 Å². The van der Waals surface area contributed by atoms with Crippen LogP contribution in [-0.4, -0.2) is 25.0 Å². The summed E-state index contributed by atoms with van der Waals surface area (Å²) in [6.07, 6.45) is 0.872. The van der Waals surface area contributed by atoms with Crippen molar-refractivity contribution < 1.29 is 0 Å². The minimum atomic E-state index is 0.482. The first-order valence-corrected chi connectivity index (χ1v) is 7.50. The maximum absolute atomic E-state index is 5.60. The van der Waals surface area contributed by atoms with Crippen LogP contribution in [0.15, 0.2) is 79.0 Å². The fourth-order valence-electron chi connectivity index (χ4n) is 2.39. The highest BCUT2D eigenvalue weighted by Crippen LogP contribution is 2.20.